The molecule has 3 rings (SSSR count). The molecule has 1 heterocycles. The summed E-state index contributed by atoms with van der Waals surface area (Å²) in [5, 5.41) is 17.7. The van der Waals surface area contributed by atoms with Crippen LogP contribution in [0.25, 0.3) is 11.1 Å². The molecule has 0 saturated heterocycles. The van der Waals surface area contributed by atoms with Crippen molar-refractivity contribution >= 4 is 5.91 Å². The van der Waals surface area contributed by atoms with Crippen LogP contribution in [0.4, 0.5) is 0 Å². The molecule has 0 aliphatic carbocycles. The Morgan fingerprint density at radius 2 is 1.92 bits per heavy atom. The van der Waals surface area contributed by atoms with Crippen molar-refractivity contribution in [2.24, 2.45) is 7.05 Å². The van der Waals surface area contributed by atoms with Crippen molar-refractivity contribution in [1.29, 1.82) is 0 Å². The molecule has 0 aliphatic rings. The molecule has 1 atom stereocenters. The van der Waals surface area contributed by atoms with Gasteiger partial charge in [0, 0.05) is 25.4 Å². The molecule has 26 heavy (non-hydrogen) atoms. The molecule has 2 aromatic carbocycles. The highest BCUT2D eigenvalue weighted by Gasteiger charge is 2.26. The summed E-state index contributed by atoms with van der Waals surface area (Å²) in [5.41, 5.74) is 2.63. The van der Waals surface area contributed by atoms with E-state index < -0.39 is 5.60 Å². The second-order valence-corrected chi connectivity index (χ2v) is 6.70. The van der Waals surface area contributed by atoms with Gasteiger partial charge in [-0.1, -0.05) is 48.5 Å². The quantitative estimate of drug-likeness (QED) is 0.719. The number of carbonyl (C=O) groups excluding carboxylic acids is 1. The Labute approximate surface area is 153 Å². The molecule has 5 heteroatoms. The van der Waals surface area contributed by atoms with Crippen LogP contribution in [0.5, 0.6) is 0 Å². The fourth-order valence-corrected chi connectivity index (χ4v) is 2.91. The molecule has 0 fully saturated rings. The van der Waals surface area contributed by atoms with E-state index >= 15 is 0 Å². The lowest BCUT2D eigenvalue weighted by Crippen LogP contribution is -2.32. The highest BCUT2D eigenvalue weighted by molar-refractivity contribution is 5.77. The van der Waals surface area contributed by atoms with E-state index in [0.717, 1.165) is 22.3 Å². The molecule has 0 spiro atoms. The summed E-state index contributed by atoms with van der Waals surface area (Å²) in [7, 11) is 1.88. The van der Waals surface area contributed by atoms with Crippen LogP contribution in [0, 0.1) is 0 Å². The molecule has 0 bridgehead atoms. The lowest BCUT2D eigenvalue weighted by atomic mass is 9.92. The third-order valence-electron chi connectivity index (χ3n) is 4.36. The van der Waals surface area contributed by atoms with E-state index in [1.807, 2.05) is 74.0 Å². The van der Waals surface area contributed by atoms with Gasteiger partial charge in [0.15, 0.2) is 0 Å². The number of rotatable bonds is 6. The molecule has 1 aromatic heterocycles. The first-order chi connectivity index (χ1) is 12.4. The van der Waals surface area contributed by atoms with E-state index in [1.165, 1.54) is 0 Å². The number of hydrogen-bond donors (Lipinski definition) is 2. The number of aryl methyl sites for hydroxylation is 1. The number of aromatic nitrogens is 2. The van der Waals surface area contributed by atoms with Crippen LogP contribution in [0.3, 0.4) is 0 Å². The summed E-state index contributed by atoms with van der Waals surface area (Å²) in [4.78, 5) is 12.3. The van der Waals surface area contributed by atoms with Gasteiger partial charge in [0.1, 0.15) is 0 Å². The average molecular weight is 349 g/mol. The molecule has 5 nitrogen and oxygen atoms in total. The van der Waals surface area contributed by atoms with Gasteiger partial charge in [0.2, 0.25) is 5.91 Å². The van der Waals surface area contributed by atoms with Gasteiger partial charge in [-0.2, -0.15) is 5.10 Å². The maximum Gasteiger partial charge on any atom is 0.223 e. The predicted octanol–water partition coefficient (Wildman–Crippen LogP) is 3.00. The minimum absolute atomic E-state index is 0.0132. The van der Waals surface area contributed by atoms with Gasteiger partial charge in [-0.05, 0) is 29.7 Å². The molecule has 0 saturated carbocycles. The number of amides is 1. The molecule has 3 aromatic rings. The van der Waals surface area contributed by atoms with Crippen molar-refractivity contribution in [1.82, 2.24) is 15.1 Å². The average Bonchev–Trinajstić information content (AvgIpc) is 3.07. The van der Waals surface area contributed by atoms with Gasteiger partial charge in [-0.25, -0.2) is 0 Å². The highest BCUT2D eigenvalue weighted by atomic mass is 16.3. The first-order valence-electron chi connectivity index (χ1n) is 8.56. The third kappa shape index (κ3) is 4.37. The molecular weight excluding hydrogens is 326 g/mol. The summed E-state index contributed by atoms with van der Waals surface area (Å²) in [6.07, 6.45) is 3.78. The van der Waals surface area contributed by atoms with Crippen molar-refractivity contribution in [3.05, 3.63) is 78.1 Å². The number of nitrogens with one attached hydrogen (secondary N) is 1. The Balaban J connectivity index is 1.61. The predicted molar refractivity (Wildman–Crippen MR) is 101 cm³/mol. The van der Waals surface area contributed by atoms with Crippen molar-refractivity contribution < 1.29 is 9.90 Å². The number of hydrogen-bond acceptors (Lipinski definition) is 3. The summed E-state index contributed by atoms with van der Waals surface area (Å²) in [6, 6.07) is 17.2. The number of benzene rings is 2. The zero-order chi connectivity index (χ0) is 18.6. The molecule has 0 aliphatic heterocycles. The maximum absolute atomic E-state index is 12.3. The van der Waals surface area contributed by atoms with E-state index in [2.05, 4.69) is 10.4 Å². The first-order valence-corrected chi connectivity index (χ1v) is 8.56. The normalized spacial score (nSPS) is 13.2. The van der Waals surface area contributed by atoms with E-state index in [9.17, 15) is 9.90 Å². The topological polar surface area (TPSA) is 67.2 Å². The van der Waals surface area contributed by atoms with Crippen molar-refractivity contribution in [2.45, 2.75) is 25.5 Å². The second kappa shape index (κ2) is 7.54. The summed E-state index contributed by atoms with van der Waals surface area (Å²) in [6.45, 7) is 2.07. The molecule has 0 radical (unpaired) electrons. The van der Waals surface area contributed by atoms with Crippen molar-refractivity contribution in [2.75, 3.05) is 0 Å². The number of aliphatic hydroxyl groups is 1. The Bertz CT molecular complexity index is 885. The van der Waals surface area contributed by atoms with E-state index in [4.69, 9.17) is 0 Å². The maximum atomic E-state index is 12.3. The Hall–Kier alpha value is -2.92. The summed E-state index contributed by atoms with van der Waals surface area (Å²) in [5.74, 6) is -0.189. The van der Waals surface area contributed by atoms with Crippen LogP contribution in [-0.2, 0) is 24.0 Å². The van der Waals surface area contributed by atoms with Gasteiger partial charge >= 0.3 is 0 Å². The zero-order valence-electron chi connectivity index (χ0n) is 15.0. The molecule has 2 N–H and O–H groups in total. The van der Waals surface area contributed by atoms with Gasteiger partial charge in [-0.15, -0.1) is 0 Å². The van der Waals surface area contributed by atoms with Gasteiger partial charge in [0.25, 0.3) is 0 Å². The van der Waals surface area contributed by atoms with Gasteiger partial charge in [0.05, 0.1) is 18.2 Å². The lowest BCUT2D eigenvalue weighted by Gasteiger charge is -2.23. The number of carbonyl (C=O) groups is 1. The minimum Gasteiger partial charge on any atom is -0.385 e. The number of nitrogens with zero attached hydrogens (tertiary/aromatic N) is 2. The SMILES string of the molecule is Cn1cc(-c2cccc(CNC(=O)CC(C)(O)c3ccccc3)c2)cn1. The Kier molecular flexibility index (Phi) is 5.19. The Morgan fingerprint density at radius 3 is 2.62 bits per heavy atom. The van der Waals surface area contributed by atoms with Gasteiger partial charge in [-0.3, -0.25) is 9.48 Å². The van der Waals surface area contributed by atoms with Gasteiger partial charge < -0.3 is 10.4 Å². The minimum atomic E-state index is -1.19. The van der Waals surface area contributed by atoms with Crippen LogP contribution in [0.15, 0.2) is 67.0 Å². The smallest absolute Gasteiger partial charge is 0.223 e. The third-order valence-corrected chi connectivity index (χ3v) is 4.36. The fraction of sp³-hybridized carbons (Fsp3) is 0.238. The monoisotopic (exact) mass is 349 g/mol. The Morgan fingerprint density at radius 1 is 1.15 bits per heavy atom. The largest absolute Gasteiger partial charge is 0.385 e. The lowest BCUT2D eigenvalue weighted by molar-refractivity contribution is -0.126. The molecular formula is C21H23N3O2. The van der Waals surface area contributed by atoms with Crippen LogP contribution >= 0.6 is 0 Å². The van der Waals surface area contributed by atoms with E-state index in [-0.39, 0.29) is 12.3 Å². The summed E-state index contributed by atoms with van der Waals surface area (Å²) < 4.78 is 1.76. The first kappa shape index (κ1) is 17.9. The van der Waals surface area contributed by atoms with Crippen LogP contribution in [-0.4, -0.2) is 20.8 Å². The van der Waals surface area contributed by atoms with Crippen LogP contribution in [0.2, 0.25) is 0 Å². The zero-order valence-corrected chi connectivity index (χ0v) is 15.0. The second-order valence-electron chi connectivity index (χ2n) is 6.70. The van der Waals surface area contributed by atoms with E-state index in [0.29, 0.717) is 6.54 Å². The van der Waals surface area contributed by atoms with Crippen LogP contribution < -0.4 is 5.32 Å². The molecule has 134 valence electrons. The highest BCUT2D eigenvalue weighted by Crippen LogP contribution is 2.24. The van der Waals surface area contributed by atoms with Crippen molar-refractivity contribution in [3.63, 3.8) is 0 Å². The van der Waals surface area contributed by atoms with E-state index in [1.54, 1.807) is 11.6 Å². The van der Waals surface area contributed by atoms with Crippen LogP contribution in [0.1, 0.15) is 24.5 Å². The fourth-order valence-electron chi connectivity index (χ4n) is 2.91. The summed E-state index contributed by atoms with van der Waals surface area (Å²) >= 11 is 0. The van der Waals surface area contributed by atoms with Crippen molar-refractivity contribution in [3.8, 4) is 11.1 Å². The molecule has 1 amide bonds. The molecule has 1 unspecified atom stereocenters. The standard InChI is InChI=1S/C21H23N3O2/c1-21(26,19-9-4-3-5-10-19)12-20(25)22-13-16-7-6-8-17(11-16)18-14-23-24(2)15-18/h3-11,14-15,26H,12-13H2,1-2H3,(H,22,25).